The van der Waals surface area contributed by atoms with Crippen molar-refractivity contribution in [2.45, 2.75) is 66.9 Å². The molecule has 0 bridgehead atoms. The van der Waals surface area contributed by atoms with E-state index < -0.39 is 66.1 Å². The number of fused-ring (bicyclic) bond motifs is 1. The Hall–Kier alpha value is -0.490. The quantitative estimate of drug-likeness (QED) is 0.298. The van der Waals surface area contributed by atoms with Gasteiger partial charge in [-0.25, -0.2) is 0 Å². The average Bonchev–Trinajstić information content (AvgIpc) is 2.73. The van der Waals surface area contributed by atoms with Gasteiger partial charge < -0.3 is 44.8 Å². The molecule has 3 aliphatic rings. The van der Waals surface area contributed by atoms with Crippen LogP contribution in [0, 0.1) is 5.92 Å². The molecule has 6 N–H and O–H groups in total. The molecule has 2 aliphatic heterocycles. The summed E-state index contributed by atoms with van der Waals surface area (Å²) in [7, 11) is 0. The maximum atomic E-state index is 10.8. The first kappa shape index (κ1) is 19.3. The first-order valence-electron chi connectivity index (χ1n) is 8.00. The normalized spacial score (nSPS) is 55.7. The highest BCUT2D eigenvalue weighted by molar-refractivity contribution is 6.21. The predicted octanol–water partition coefficient (Wildman–Crippen LogP) is -2.22. The fourth-order valence-corrected chi connectivity index (χ4v) is 4.12. The van der Waals surface area contributed by atoms with Crippen LogP contribution in [0.5, 0.6) is 0 Å². The Labute approximate surface area is 149 Å². The Bertz CT molecular complexity index is 527. The number of aliphatic hydroxyl groups is 6. The van der Waals surface area contributed by atoms with E-state index in [4.69, 9.17) is 25.8 Å². The molecule has 25 heavy (non-hydrogen) atoms. The van der Waals surface area contributed by atoms with Gasteiger partial charge in [0.15, 0.2) is 6.29 Å². The van der Waals surface area contributed by atoms with E-state index in [1.165, 1.54) is 19.3 Å². The monoisotopic (exact) mass is 382 g/mol. The van der Waals surface area contributed by atoms with Crippen LogP contribution in [-0.2, 0) is 14.2 Å². The highest BCUT2D eigenvalue weighted by Crippen LogP contribution is 2.51. The van der Waals surface area contributed by atoms with E-state index in [2.05, 4.69) is 0 Å². The van der Waals surface area contributed by atoms with E-state index in [9.17, 15) is 30.6 Å². The van der Waals surface area contributed by atoms with Crippen molar-refractivity contribution in [3.8, 4) is 0 Å². The van der Waals surface area contributed by atoms with Crippen molar-refractivity contribution in [3.63, 3.8) is 0 Å². The molecule has 0 aromatic carbocycles. The first-order chi connectivity index (χ1) is 11.6. The minimum atomic E-state index is -1.63. The number of hydrogen-bond acceptors (Lipinski definition) is 9. The van der Waals surface area contributed by atoms with Crippen molar-refractivity contribution >= 4 is 11.6 Å². The highest BCUT2D eigenvalue weighted by atomic mass is 35.5. The van der Waals surface area contributed by atoms with E-state index in [1.807, 2.05) is 0 Å². The van der Waals surface area contributed by atoms with Gasteiger partial charge in [0.25, 0.3) is 0 Å². The molecule has 2 fully saturated rings. The standard InChI is InChI=1S/C15H23ClO9/c1-14(21)7(16)4-15(22)2-3-23-13(11(14)15)25-12-10(20)9(19)8(18)6(5-17)24-12/h2-3,6-13,17-22H,4-5H2,1H3/t6-,7-,8-,9+,10-,11-,12+,13+,14+,15-/m1/s1. The summed E-state index contributed by atoms with van der Waals surface area (Å²) < 4.78 is 16.2. The first-order valence-corrected chi connectivity index (χ1v) is 8.43. The van der Waals surface area contributed by atoms with E-state index in [1.54, 1.807) is 0 Å². The number of halogens is 1. The van der Waals surface area contributed by atoms with Crippen molar-refractivity contribution < 1.29 is 44.8 Å². The van der Waals surface area contributed by atoms with Crippen LogP contribution in [0.25, 0.3) is 0 Å². The summed E-state index contributed by atoms with van der Waals surface area (Å²) in [5, 5.41) is 59.6. The highest BCUT2D eigenvalue weighted by Gasteiger charge is 2.63. The summed E-state index contributed by atoms with van der Waals surface area (Å²) in [6.07, 6.45) is -5.95. The van der Waals surface area contributed by atoms with Gasteiger partial charge in [0.2, 0.25) is 6.29 Å². The summed E-state index contributed by atoms with van der Waals surface area (Å²) in [4.78, 5) is 0. The van der Waals surface area contributed by atoms with Crippen LogP contribution < -0.4 is 0 Å². The minimum absolute atomic E-state index is 0.0701. The minimum Gasteiger partial charge on any atom is -0.472 e. The maximum Gasteiger partial charge on any atom is 0.210 e. The molecule has 0 unspecified atom stereocenters. The van der Waals surface area contributed by atoms with Gasteiger partial charge in [0.1, 0.15) is 24.4 Å². The van der Waals surface area contributed by atoms with Crippen LogP contribution in [0.4, 0.5) is 0 Å². The van der Waals surface area contributed by atoms with E-state index >= 15 is 0 Å². The van der Waals surface area contributed by atoms with Gasteiger partial charge in [-0.05, 0) is 19.4 Å². The van der Waals surface area contributed by atoms with Crippen molar-refractivity contribution in [3.05, 3.63) is 12.3 Å². The lowest BCUT2D eigenvalue weighted by Crippen LogP contribution is -2.61. The molecule has 0 spiro atoms. The summed E-state index contributed by atoms with van der Waals surface area (Å²) in [6.45, 7) is 0.838. The lowest BCUT2D eigenvalue weighted by Gasteiger charge is -2.45. The van der Waals surface area contributed by atoms with E-state index in [0.29, 0.717) is 0 Å². The van der Waals surface area contributed by atoms with Crippen LogP contribution in [-0.4, -0.2) is 90.8 Å². The Morgan fingerprint density at radius 2 is 1.84 bits per heavy atom. The molecule has 0 aromatic rings. The van der Waals surface area contributed by atoms with E-state index in [-0.39, 0.29) is 6.42 Å². The second-order valence-electron chi connectivity index (χ2n) is 7.01. The molecule has 0 radical (unpaired) electrons. The third-order valence-electron chi connectivity index (χ3n) is 5.27. The molecule has 10 atom stereocenters. The summed E-state index contributed by atoms with van der Waals surface area (Å²) in [6, 6.07) is 0. The lowest BCUT2D eigenvalue weighted by atomic mass is 9.82. The number of rotatable bonds is 3. The molecule has 3 rings (SSSR count). The van der Waals surface area contributed by atoms with Crippen molar-refractivity contribution in [1.29, 1.82) is 0 Å². The van der Waals surface area contributed by atoms with Gasteiger partial charge in [-0.15, -0.1) is 11.6 Å². The molecule has 1 saturated heterocycles. The Balaban J connectivity index is 1.81. The average molecular weight is 383 g/mol. The van der Waals surface area contributed by atoms with Crippen molar-refractivity contribution in [1.82, 2.24) is 0 Å². The maximum absolute atomic E-state index is 10.8. The molecular weight excluding hydrogens is 360 g/mol. The molecule has 2 heterocycles. The van der Waals surface area contributed by atoms with Crippen LogP contribution in [0.3, 0.4) is 0 Å². The molecule has 0 amide bonds. The molecule has 9 nitrogen and oxygen atoms in total. The Morgan fingerprint density at radius 1 is 1.16 bits per heavy atom. The largest absolute Gasteiger partial charge is 0.472 e. The van der Waals surface area contributed by atoms with Crippen molar-refractivity contribution in [2.24, 2.45) is 5.92 Å². The second-order valence-corrected chi connectivity index (χ2v) is 7.53. The number of aliphatic hydroxyl groups excluding tert-OH is 4. The number of hydrogen-bond donors (Lipinski definition) is 6. The molecule has 144 valence electrons. The van der Waals surface area contributed by atoms with Gasteiger partial charge in [-0.2, -0.15) is 0 Å². The molecular formula is C15H23ClO9. The predicted molar refractivity (Wildman–Crippen MR) is 82.2 cm³/mol. The fraction of sp³-hybridized carbons (Fsp3) is 0.867. The smallest absolute Gasteiger partial charge is 0.210 e. The third-order valence-corrected chi connectivity index (χ3v) is 5.86. The fourth-order valence-electron chi connectivity index (χ4n) is 3.74. The van der Waals surface area contributed by atoms with Gasteiger partial charge in [0.05, 0.1) is 35.4 Å². The summed E-state index contributed by atoms with van der Waals surface area (Å²) in [5.41, 5.74) is -3.02. The zero-order valence-corrected chi connectivity index (χ0v) is 14.2. The summed E-state index contributed by atoms with van der Waals surface area (Å²) in [5.74, 6) is -0.986. The second kappa shape index (κ2) is 6.59. The van der Waals surface area contributed by atoms with Gasteiger partial charge in [-0.3, -0.25) is 0 Å². The SMILES string of the molecule is C[C@]1(O)[C@H](Cl)C[C@]2(O)C=CO[C@@H](O[C@@H]3O[C@H](CO)[C@@H](O)[C@H](O)[C@H]3O)[C@H]12. The van der Waals surface area contributed by atoms with Gasteiger partial charge >= 0.3 is 0 Å². The molecule has 1 saturated carbocycles. The topological polar surface area (TPSA) is 149 Å². The van der Waals surface area contributed by atoms with Crippen LogP contribution in [0.2, 0.25) is 0 Å². The number of ether oxygens (including phenoxy) is 3. The third kappa shape index (κ3) is 3.07. The summed E-state index contributed by atoms with van der Waals surface area (Å²) >= 11 is 6.15. The van der Waals surface area contributed by atoms with Crippen LogP contribution in [0.1, 0.15) is 13.3 Å². The lowest BCUT2D eigenvalue weighted by molar-refractivity contribution is -0.350. The Morgan fingerprint density at radius 3 is 2.48 bits per heavy atom. The zero-order chi connectivity index (χ0) is 18.6. The van der Waals surface area contributed by atoms with E-state index in [0.717, 1.165) is 0 Å². The van der Waals surface area contributed by atoms with Gasteiger partial charge in [-0.1, -0.05) is 0 Å². The van der Waals surface area contributed by atoms with Crippen LogP contribution in [0.15, 0.2) is 12.3 Å². The number of alkyl halides is 1. The zero-order valence-electron chi connectivity index (χ0n) is 13.5. The molecule has 10 heteroatoms. The van der Waals surface area contributed by atoms with Crippen molar-refractivity contribution in [2.75, 3.05) is 6.61 Å². The molecule has 0 aromatic heterocycles. The van der Waals surface area contributed by atoms with Crippen LogP contribution >= 0.6 is 11.6 Å². The Kier molecular flexibility index (Phi) is 5.08. The molecule has 1 aliphatic carbocycles. The van der Waals surface area contributed by atoms with Gasteiger partial charge in [0, 0.05) is 0 Å².